The smallest absolute Gasteiger partial charge is 0.141 e. The van der Waals surface area contributed by atoms with E-state index < -0.39 is 0 Å². The molecule has 0 aromatic carbocycles. The normalized spacial score (nSPS) is 16.7. The highest BCUT2D eigenvalue weighted by atomic mass is 16.5. The standard InChI is InChI=1S/C13H19N3O/c14-13(15)12-7-6-11(8-16-12)17-9-10-4-2-1-3-5-10/h6-8,10H,1-5,9H2,(H3,14,15). The third kappa shape index (κ3) is 3.44. The Morgan fingerprint density at radius 3 is 2.71 bits per heavy atom. The van der Waals surface area contributed by atoms with Gasteiger partial charge in [0.2, 0.25) is 0 Å². The van der Waals surface area contributed by atoms with Gasteiger partial charge in [-0.05, 0) is 30.9 Å². The van der Waals surface area contributed by atoms with E-state index in [1.807, 2.05) is 6.07 Å². The Morgan fingerprint density at radius 1 is 1.35 bits per heavy atom. The quantitative estimate of drug-likeness (QED) is 0.619. The van der Waals surface area contributed by atoms with E-state index in [4.69, 9.17) is 15.9 Å². The molecule has 3 N–H and O–H groups in total. The average molecular weight is 233 g/mol. The van der Waals surface area contributed by atoms with Crippen molar-refractivity contribution in [2.75, 3.05) is 6.61 Å². The van der Waals surface area contributed by atoms with Crippen molar-refractivity contribution in [2.24, 2.45) is 11.7 Å². The minimum atomic E-state index is -0.0103. The molecule has 0 spiro atoms. The number of hydrogen-bond donors (Lipinski definition) is 2. The summed E-state index contributed by atoms with van der Waals surface area (Å²) in [4.78, 5) is 4.07. The van der Waals surface area contributed by atoms with Crippen LogP contribution in [0.4, 0.5) is 0 Å². The lowest BCUT2D eigenvalue weighted by Crippen LogP contribution is -2.16. The molecule has 0 atom stereocenters. The summed E-state index contributed by atoms with van der Waals surface area (Å²) in [6.45, 7) is 0.779. The van der Waals surface area contributed by atoms with Crippen LogP contribution in [0.15, 0.2) is 18.3 Å². The van der Waals surface area contributed by atoms with E-state index >= 15 is 0 Å². The zero-order chi connectivity index (χ0) is 12.1. The molecule has 1 aliphatic carbocycles. The molecule has 0 unspecified atom stereocenters. The first-order valence-electron chi connectivity index (χ1n) is 6.19. The van der Waals surface area contributed by atoms with Gasteiger partial charge in [-0.3, -0.25) is 5.41 Å². The van der Waals surface area contributed by atoms with Gasteiger partial charge in [0.1, 0.15) is 17.3 Å². The van der Waals surface area contributed by atoms with Crippen LogP contribution in [0.2, 0.25) is 0 Å². The summed E-state index contributed by atoms with van der Waals surface area (Å²) in [7, 11) is 0. The molecule has 4 heteroatoms. The van der Waals surface area contributed by atoms with Crippen LogP contribution in [0.1, 0.15) is 37.8 Å². The second kappa shape index (κ2) is 5.66. The summed E-state index contributed by atoms with van der Waals surface area (Å²) in [6, 6.07) is 3.55. The number of ether oxygens (including phenoxy) is 1. The Balaban J connectivity index is 1.84. The molecule has 17 heavy (non-hydrogen) atoms. The van der Waals surface area contributed by atoms with Crippen LogP contribution >= 0.6 is 0 Å². The SMILES string of the molecule is N=C(N)c1ccc(OCC2CCCCC2)cn1. The molecule has 1 aliphatic rings. The van der Waals surface area contributed by atoms with Crippen molar-refractivity contribution in [3.05, 3.63) is 24.0 Å². The van der Waals surface area contributed by atoms with Gasteiger partial charge in [-0.1, -0.05) is 19.3 Å². The van der Waals surface area contributed by atoms with Gasteiger partial charge in [0, 0.05) is 0 Å². The predicted molar refractivity (Wildman–Crippen MR) is 67.3 cm³/mol. The molecule has 0 amide bonds. The highest BCUT2D eigenvalue weighted by molar-refractivity contribution is 5.92. The number of amidine groups is 1. The van der Waals surface area contributed by atoms with Crippen LogP contribution in [0.25, 0.3) is 0 Å². The van der Waals surface area contributed by atoms with Gasteiger partial charge >= 0.3 is 0 Å². The minimum Gasteiger partial charge on any atom is -0.492 e. The lowest BCUT2D eigenvalue weighted by Gasteiger charge is -2.21. The van der Waals surface area contributed by atoms with Crippen molar-refractivity contribution >= 4 is 5.84 Å². The monoisotopic (exact) mass is 233 g/mol. The van der Waals surface area contributed by atoms with Gasteiger partial charge in [-0.25, -0.2) is 4.98 Å². The Morgan fingerprint density at radius 2 is 2.12 bits per heavy atom. The Kier molecular flexibility index (Phi) is 3.96. The largest absolute Gasteiger partial charge is 0.492 e. The Labute approximate surface area is 102 Å². The lowest BCUT2D eigenvalue weighted by molar-refractivity contribution is 0.208. The van der Waals surface area contributed by atoms with Gasteiger partial charge in [0.15, 0.2) is 0 Å². The van der Waals surface area contributed by atoms with Crippen molar-refractivity contribution in [3.63, 3.8) is 0 Å². The highest BCUT2D eigenvalue weighted by Crippen LogP contribution is 2.24. The fourth-order valence-corrected chi connectivity index (χ4v) is 2.19. The summed E-state index contributed by atoms with van der Waals surface area (Å²) in [5, 5.41) is 7.24. The van der Waals surface area contributed by atoms with Crippen LogP contribution in [0, 0.1) is 11.3 Å². The van der Waals surface area contributed by atoms with E-state index in [9.17, 15) is 0 Å². The van der Waals surface area contributed by atoms with E-state index in [0.717, 1.165) is 12.4 Å². The van der Waals surface area contributed by atoms with E-state index in [2.05, 4.69) is 4.98 Å². The lowest BCUT2D eigenvalue weighted by atomic mass is 9.90. The van der Waals surface area contributed by atoms with Crippen molar-refractivity contribution in [1.29, 1.82) is 5.41 Å². The summed E-state index contributed by atoms with van der Waals surface area (Å²) < 4.78 is 5.71. The molecule has 0 aliphatic heterocycles. The van der Waals surface area contributed by atoms with Crippen LogP contribution in [0.3, 0.4) is 0 Å². The molecule has 0 saturated heterocycles. The maximum atomic E-state index is 7.24. The van der Waals surface area contributed by atoms with E-state index in [1.165, 1.54) is 32.1 Å². The maximum Gasteiger partial charge on any atom is 0.141 e. The summed E-state index contributed by atoms with van der Waals surface area (Å²) in [5.74, 6) is 1.45. The van der Waals surface area contributed by atoms with Crippen LogP contribution in [-0.2, 0) is 0 Å². The molecular formula is C13H19N3O. The number of pyridine rings is 1. The maximum absolute atomic E-state index is 7.24. The van der Waals surface area contributed by atoms with Gasteiger partial charge in [-0.15, -0.1) is 0 Å². The predicted octanol–water partition coefficient (Wildman–Crippen LogP) is 2.32. The average Bonchev–Trinajstić information content (AvgIpc) is 2.38. The molecule has 0 bridgehead atoms. The molecule has 1 fully saturated rings. The minimum absolute atomic E-state index is 0.0103. The first-order chi connectivity index (χ1) is 8.25. The molecule has 1 heterocycles. The summed E-state index contributed by atoms with van der Waals surface area (Å²) in [5.41, 5.74) is 5.83. The Bertz CT molecular complexity index is 369. The topological polar surface area (TPSA) is 72.0 Å². The van der Waals surface area contributed by atoms with E-state index in [-0.39, 0.29) is 5.84 Å². The van der Waals surface area contributed by atoms with E-state index in [1.54, 1.807) is 12.3 Å². The van der Waals surface area contributed by atoms with Crippen molar-refractivity contribution in [2.45, 2.75) is 32.1 Å². The molecule has 4 nitrogen and oxygen atoms in total. The number of nitrogens with two attached hydrogens (primary N) is 1. The number of aromatic nitrogens is 1. The van der Waals surface area contributed by atoms with E-state index in [0.29, 0.717) is 11.6 Å². The summed E-state index contributed by atoms with van der Waals surface area (Å²) in [6.07, 6.45) is 8.22. The molecular weight excluding hydrogens is 214 g/mol. The van der Waals surface area contributed by atoms with Crippen LogP contribution in [-0.4, -0.2) is 17.4 Å². The third-order valence-electron chi connectivity index (χ3n) is 3.22. The van der Waals surface area contributed by atoms with Crippen molar-refractivity contribution in [3.8, 4) is 5.75 Å². The molecule has 92 valence electrons. The molecule has 1 aromatic heterocycles. The zero-order valence-corrected chi connectivity index (χ0v) is 9.98. The first-order valence-corrected chi connectivity index (χ1v) is 6.19. The van der Waals surface area contributed by atoms with Crippen LogP contribution in [0.5, 0.6) is 5.75 Å². The number of nitrogens with zero attached hydrogens (tertiary/aromatic N) is 1. The molecule has 0 radical (unpaired) electrons. The van der Waals surface area contributed by atoms with Crippen molar-refractivity contribution in [1.82, 2.24) is 4.98 Å². The highest BCUT2D eigenvalue weighted by Gasteiger charge is 2.13. The van der Waals surface area contributed by atoms with Crippen LogP contribution < -0.4 is 10.5 Å². The second-order valence-electron chi connectivity index (χ2n) is 4.61. The van der Waals surface area contributed by atoms with Gasteiger partial charge in [0.25, 0.3) is 0 Å². The molecule has 1 saturated carbocycles. The third-order valence-corrected chi connectivity index (χ3v) is 3.22. The number of nitrogen functional groups attached to an aromatic ring is 1. The number of rotatable bonds is 4. The van der Waals surface area contributed by atoms with Gasteiger partial charge in [-0.2, -0.15) is 0 Å². The van der Waals surface area contributed by atoms with Gasteiger partial charge in [0.05, 0.1) is 12.8 Å². The zero-order valence-electron chi connectivity index (χ0n) is 9.98. The molecule has 2 rings (SSSR count). The number of hydrogen-bond acceptors (Lipinski definition) is 3. The fraction of sp³-hybridized carbons (Fsp3) is 0.538. The van der Waals surface area contributed by atoms with Crippen molar-refractivity contribution < 1.29 is 4.74 Å². The first kappa shape index (κ1) is 11.9. The second-order valence-corrected chi connectivity index (χ2v) is 4.61. The molecule has 1 aromatic rings. The number of nitrogens with one attached hydrogen (secondary N) is 1. The van der Waals surface area contributed by atoms with Gasteiger partial charge < -0.3 is 10.5 Å². The Hall–Kier alpha value is -1.58. The summed E-state index contributed by atoms with van der Waals surface area (Å²) >= 11 is 0. The fourth-order valence-electron chi connectivity index (χ4n) is 2.19.